The zero-order valence-corrected chi connectivity index (χ0v) is 17.0. The zero-order valence-electron chi connectivity index (χ0n) is 16.2. The number of nitrogens with one attached hydrogen (secondary N) is 1. The predicted octanol–water partition coefficient (Wildman–Crippen LogP) is 3.47. The Kier molecular flexibility index (Phi) is 6.49. The fraction of sp³-hybridized carbons (Fsp3) is 0.381. The molecule has 28 heavy (non-hydrogen) atoms. The van der Waals surface area contributed by atoms with E-state index in [0.29, 0.717) is 37.8 Å². The van der Waals surface area contributed by atoms with E-state index in [0.717, 1.165) is 17.7 Å². The predicted molar refractivity (Wildman–Crippen MR) is 109 cm³/mol. The van der Waals surface area contributed by atoms with Crippen molar-refractivity contribution in [3.8, 4) is 0 Å². The average Bonchev–Trinajstić information content (AvgIpc) is 2.74. The maximum atomic E-state index is 12.7. The van der Waals surface area contributed by atoms with Crippen LogP contribution >= 0.6 is 0 Å². The Morgan fingerprint density at radius 2 is 1.75 bits per heavy atom. The van der Waals surface area contributed by atoms with Crippen LogP contribution in [0.2, 0.25) is 0 Å². The van der Waals surface area contributed by atoms with Crippen LogP contribution < -0.4 is 5.32 Å². The summed E-state index contributed by atoms with van der Waals surface area (Å²) in [5.74, 6) is 0.0728. The summed E-state index contributed by atoms with van der Waals surface area (Å²) in [6, 6.07) is 13.8. The van der Waals surface area contributed by atoms with Crippen LogP contribution in [0.1, 0.15) is 42.1 Å². The van der Waals surface area contributed by atoms with Gasteiger partial charge in [-0.15, -0.1) is 0 Å². The fourth-order valence-electron chi connectivity index (χ4n) is 3.17. The minimum atomic E-state index is -3.56. The van der Waals surface area contributed by atoms with Crippen molar-refractivity contribution in [2.24, 2.45) is 0 Å². The molecule has 2 aromatic carbocycles. The van der Waals surface area contributed by atoms with E-state index in [-0.39, 0.29) is 10.8 Å². The zero-order chi connectivity index (χ0) is 20.1. The van der Waals surface area contributed by atoms with Gasteiger partial charge in [0.2, 0.25) is 10.0 Å². The van der Waals surface area contributed by atoms with Crippen LogP contribution in [0.3, 0.4) is 0 Å². The number of hydrogen-bond acceptors (Lipinski definition) is 4. The number of hydrogen-bond donors (Lipinski definition) is 1. The number of nitrogens with zero attached hydrogens (tertiary/aromatic N) is 1. The highest BCUT2D eigenvalue weighted by molar-refractivity contribution is 7.89. The van der Waals surface area contributed by atoms with Gasteiger partial charge in [0, 0.05) is 24.3 Å². The molecule has 0 radical (unpaired) electrons. The molecule has 0 bridgehead atoms. The minimum absolute atomic E-state index is 0.186. The number of carbonyl (C=O) groups excluding carboxylic acids is 1. The Morgan fingerprint density at radius 3 is 2.39 bits per heavy atom. The van der Waals surface area contributed by atoms with Crippen molar-refractivity contribution in [1.82, 2.24) is 4.31 Å². The first-order chi connectivity index (χ1) is 13.4. The van der Waals surface area contributed by atoms with E-state index >= 15 is 0 Å². The number of para-hydroxylation sites is 1. The van der Waals surface area contributed by atoms with Gasteiger partial charge in [-0.05, 0) is 48.2 Å². The van der Waals surface area contributed by atoms with Crippen LogP contribution in [-0.4, -0.2) is 44.9 Å². The van der Waals surface area contributed by atoms with Crippen molar-refractivity contribution < 1.29 is 17.9 Å². The van der Waals surface area contributed by atoms with Gasteiger partial charge < -0.3 is 10.1 Å². The lowest BCUT2D eigenvalue weighted by Crippen LogP contribution is -2.40. The standard InChI is InChI=1S/C21H26N2O4S/c1-3-16(2)19-6-4-5-7-20(19)22-21(24)17-8-10-18(11-9-17)28(25,26)23-12-14-27-15-13-23/h4-11,16H,3,12-15H2,1-2H3,(H,22,24)/t16-/m1/s1. The van der Waals surface area contributed by atoms with Gasteiger partial charge in [0.1, 0.15) is 0 Å². The lowest BCUT2D eigenvalue weighted by Gasteiger charge is -2.26. The van der Waals surface area contributed by atoms with Gasteiger partial charge in [0.15, 0.2) is 0 Å². The highest BCUT2D eigenvalue weighted by Gasteiger charge is 2.26. The summed E-state index contributed by atoms with van der Waals surface area (Å²) >= 11 is 0. The molecular weight excluding hydrogens is 376 g/mol. The van der Waals surface area contributed by atoms with Gasteiger partial charge >= 0.3 is 0 Å². The first kappa shape index (κ1) is 20.5. The van der Waals surface area contributed by atoms with Gasteiger partial charge in [-0.2, -0.15) is 4.31 Å². The monoisotopic (exact) mass is 402 g/mol. The summed E-state index contributed by atoms with van der Waals surface area (Å²) in [7, 11) is -3.56. The second-order valence-electron chi connectivity index (χ2n) is 6.89. The maximum absolute atomic E-state index is 12.7. The number of sulfonamides is 1. The number of ether oxygens (including phenoxy) is 1. The molecule has 0 unspecified atom stereocenters. The lowest BCUT2D eigenvalue weighted by molar-refractivity contribution is 0.0730. The summed E-state index contributed by atoms with van der Waals surface area (Å²) in [6.45, 7) is 5.71. The average molecular weight is 403 g/mol. The van der Waals surface area contributed by atoms with Crippen molar-refractivity contribution in [3.05, 3.63) is 59.7 Å². The smallest absolute Gasteiger partial charge is 0.255 e. The number of anilines is 1. The molecule has 1 N–H and O–H groups in total. The second-order valence-corrected chi connectivity index (χ2v) is 8.83. The van der Waals surface area contributed by atoms with E-state index in [1.165, 1.54) is 16.4 Å². The summed E-state index contributed by atoms with van der Waals surface area (Å²) in [5, 5.41) is 2.95. The topological polar surface area (TPSA) is 75.7 Å². The molecular formula is C21H26N2O4S. The molecule has 3 rings (SSSR count). The first-order valence-electron chi connectivity index (χ1n) is 9.51. The molecule has 1 aliphatic rings. The third kappa shape index (κ3) is 4.43. The van der Waals surface area contributed by atoms with Crippen molar-refractivity contribution in [1.29, 1.82) is 0 Å². The van der Waals surface area contributed by atoms with Crippen LogP contribution in [0, 0.1) is 0 Å². The fourth-order valence-corrected chi connectivity index (χ4v) is 4.58. The number of carbonyl (C=O) groups is 1. The highest BCUT2D eigenvalue weighted by atomic mass is 32.2. The Morgan fingerprint density at radius 1 is 1.11 bits per heavy atom. The van der Waals surface area contributed by atoms with Crippen LogP contribution in [0.5, 0.6) is 0 Å². The molecule has 1 heterocycles. The highest BCUT2D eigenvalue weighted by Crippen LogP contribution is 2.27. The first-order valence-corrected chi connectivity index (χ1v) is 11.0. The van der Waals surface area contributed by atoms with Crippen molar-refractivity contribution in [2.45, 2.75) is 31.1 Å². The molecule has 0 aromatic heterocycles. The third-order valence-corrected chi connectivity index (χ3v) is 6.99. The van der Waals surface area contributed by atoms with Crippen molar-refractivity contribution in [3.63, 3.8) is 0 Å². The van der Waals surface area contributed by atoms with E-state index in [4.69, 9.17) is 4.74 Å². The molecule has 1 fully saturated rings. The molecule has 6 nitrogen and oxygen atoms in total. The van der Waals surface area contributed by atoms with Crippen LogP contribution in [0.25, 0.3) is 0 Å². The molecule has 1 atom stereocenters. The third-order valence-electron chi connectivity index (χ3n) is 5.08. The molecule has 2 aromatic rings. The normalized spacial score (nSPS) is 16.5. The van der Waals surface area contributed by atoms with Gasteiger partial charge in [0.05, 0.1) is 18.1 Å². The Balaban J connectivity index is 1.76. The quantitative estimate of drug-likeness (QED) is 0.803. The SMILES string of the molecule is CC[C@@H](C)c1ccccc1NC(=O)c1ccc(S(=O)(=O)N2CCOCC2)cc1. The minimum Gasteiger partial charge on any atom is -0.379 e. The summed E-state index contributed by atoms with van der Waals surface area (Å²) in [5.41, 5.74) is 2.29. The number of benzene rings is 2. The van der Waals surface area contributed by atoms with Gasteiger partial charge in [-0.3, -0.25) is 4.79 Å². The maximum Gasteiger partial charge on any atom is 0.255 e. The second kappa shape index (κ2) is 8.86. The molecule has 1 saturated heterocycles. The largest absolute Gasteiger partial charge is 0.379 e. The summed E-state index contributed by atoms with van der Waals surface area (Å²) < 4.78 is 32.0. The van der Waals surface area contributed by atoms with E-state index in [2.05, 4.69) is 19.2 Å². The van der Waals surface area contributed by atoms with E-state index in [1.807, 2.05) is 24.3 Å². The molecule has 1 aliphatic heterocycles. The number of amides is 1. The van der Waals surface area contributed by atoms with Gasteiger partial charge in [-0.25, -0.2) is 8.42 Å². The van der Waals surface area contributed by atoms with Crippen LogP contribution in [0.4, 0.5) is 5.69 Å². The Labute approximate surface area is 166 Å². The molecule has 7 heteroatoms. The van der Waals surface area contributed by atoms with E-state index < -0.39 is 10.0 Å². The van der Waals surface area contributed by atoms with Crippen molar-refractivity contribution in [2.75, 3.05) is 31.6 Å². The van der Waals surface area contributed by atoms with Crippen LogP contribution in [-0.2, 0) is 14.8 Å². The van der Waals surface area contributed by atoms with Crippen molar-refractivity contribution >= 4 is 21.6 Å². The van der Waals surface area contributed by atoms with Crippen LogP contribution in [0.15, 0.2) is 53.4 Å². The Bertz CT molecular complexity index is 920. The molecule has 0 aliphatic carbocycles. The van der Waals surface area contributed by atoms with E-state index in [9.17, 15) is 13.2 Å². The summed E-state index contributed by atoms with van der Waals surface area (Å²) in [6.07, 6.45) is 0.973. The molecule has 0 spiro atoms. The number of rotatable bonds is 6. The summed E-state index contributed by atoms with van der Waals surface area (Å²) in [4.78, 5) is 12.8. The van der Waals surface area contributed by atoms with Gasteiger partial charge in [0.25, 0.3) is 5.91 Å². The number of morpholine rings is 1. The van der Waals surface area contributed by atoms with E-state index in [1.54, 1.807) is 12.1 Å². The lowest BCUT2D eigenvalue weighted by atomic mass is 9.97. The molecule has 150 valence electrons. The molecule has 1 amide bonds. The molecule has 0 saturated carbocycles. The van der Waals surface area contributed by atoms with Gasteiger partial charge in [-0.1, -0.05) is 32.0 Å². The Hall–Kier alpha value is -2.22.